The van der Waals surface area contributed by atoms with E-state index in [9.17, 15) is 13.2 Å². The predicted octanol–water partition coefficient (Wildman–Crippen LogP) is 0.0431. The van der Waals surface area contributed by atoms with Gasteiger partial charge in [-0.2, -0.15) is 0 Å². The fourth-order valence-corrected chi connectivity index (χ4v) is 2.79. The molecular formula is C11H15N3O4S. The Bertz CT molecular complexity index is 570. The number of anilines is 1. The first-order valence-electron chi connectivity index (χ1n) is 5.85. The molecule has 0 aromatic carbocycles. The van der Waals surface area contributed by atoms with Gasteiger partial charge >= 0.3 is 5.97 Å². The zero-order valence-electron chi connectivity index (χ0n) is 10.4. The van der Waals surface area contributed by atoms with Gasteiger partial charge in [0.05, 0.1) is 0 Å². The summed E-state index contributed by atoms with van der Waals surface area (Å²) >= 11 is 0. The van der Waals surface area contributed by atoms with Crippen LogP contribution >= 0.6 is 0 Å². The van der Waals surface area contributed by atoms with Crippen LogP contribution in [0.4, 0.5) is 5.82 Å². The number of sulfonamides is 1. The third-order valence-electron chi connectivity index (χ3n) is 3.13. The smallest absolute Gasteiger partial charge is 0.326 e. The Balaban J connectivity index is 2.26. The molecule has 104 valence electrons. The van der Waals surface area contributed by atoms with Crippen molar-refractivity contribution in [3.63, 3.8) is 0 Å². The average molecular weight is 285 g/mol. The summed E-state index contributed by atoms with van der Waals surface area (Å²) in [6.07, 6.45) is 2.60. The Morgan fingerprint density at radius 2 is 2.26 bits per heavy atom. The van der Waals surface area contributed by atoms with Gasteiger partial charge in [0.1, 0.15) is 16.8 Å². The van der Waals surface area contributed by atoms with Gasteiger partial charge in [0.2, 0.25) is 10.0 Å². The number of hydrogen-bond acceptors (Lipinski definition) is 5. The Labute approximate surface area is 111 Å². The van der Waals surface area contributed by atoms with Gasteiger partial charge < -0.3 is 10.0 Å². The molecule has 1 aliphatic heterocycles. The van der Waals surface area contributed by atoms with Crippen molar-refractivity contribution in [2.45, 2.75) is 23.8 Å². The van der Waals surface area contributed by atoms with E-state index in [-0.39, 0.29) is 4.90 Å². The van der Waals surface area contributed by atoms with Crippen LogP contribution < -0.4 is 9.62 Å². The molecule has 0 unspecified atom stereocenters. The Morgan fingerprint density at radius 3 is 2.79 bits per heavy atom. The summed E-state index contributed by atoms with van der Waals surface area (Å²) in [6, 6.07) is 2.37. The first-order chi connectivity index (χ1) is 8.95. The molecule has 1 atom stereocenters. The third-order valence-corrected chi connectivity index (χ3v) is 4.53. The van der Waals surface area contributed by atoms with E-state index in [0.717, 1.165) is 6.42 Å². The topological polar surface area (TPSA) is 99.6 Å². The standard InChI is InChI=1S/C11H15N3O4S/c1-12-19(17,18)8-4-5-10(13-7-8)14-6-2-3-9(14)11(15)16/h4-5,7,9,12H,2-3,6H2,1H3,(H,15,16)/t9-/m1/s1. The van der Waals surface area contributed by atoms with Crippen LogP contribution in [0.3, 0.4) is 0 Å². The average Bonchev–Trinajstić information content (AvgIpc) is 2.88. The number of hydrogen-bond donors (Lipinski definition) is 2. The zero-order chi connectivity index (χ0) is 14.0. The number of rotatable bonds is 4. The van der Waals surface area contributed by atoms with Crippen molar-refractivity contribution in [2.75, 3.05) is 18.5 Å². The van der Waals surface area contributed by atoms with Crippen molar-refractivity contribution in [3.05, 3.63) is 18.3 Å². The van der Waals surface area contributed by atoms with Crippen LogP contribution in [0.15, 0.2) is 23.2 Å². The Kier molecular flexibility index (Phi) is 3.72. The molecule has 1 aromatic rings. The summed E-state index contributed by atoms with van der Waals surface area (Å²) in [6.45, 7) is 0.613. The molecule has 2 heterocycles. The Hall–Kier alpha value is -1.67. The van der Waals surface area contributed by atoms with Crippen molar-refractivity contribution in [2.24, 2.45) is 0 Å². The molecule has 2 rings (SSSR count). The molecule has 0 spiro atoms. The van der Waals surface area contributed by atoms with Crippen LogP contribution in [0.2, 0.25) is 0 Å². The molecule has 8 heteroatoms. The number of aromatic nitrogens is 1. The maximum Gasteiger partial charge on any atom is 0.326 e. The van der Waals surface area contributed by atoms with Crippen molar-refractivity contribution in [3.8, 4) is 0 Å². The van der Waals surface area contributed by atoms with Gasteiger partial charge in [0, 0.05) is 12.7 Å². The largest absolute Gasteiger partial charge is 0.480 e. The maximum atomic E-state index is 11.5. The highest BCUT2D eigenvalue weighted by molar-refractivity contribution is 7.89. The minimum absolute atomic E-state index is 0.0600. The van der Waals surface area contributed by atoms with Gasteiger partial charge in [-0.3, -0.25) is 0 Å². The zero-order valence-corrected chi connectivity index (χ0v) is 11.2. The Morgan fingerprint density at radius 1 is 1.53 bits per heavy atom. The molecule has 0 bridgehead atoms. The molecule has 1 aromatic heterocycles. The lowest BCUT2D eigenvalue weighted by atomic mass is 10.2. The van der Waals surface area contributed by atoms with Gasteiger partial charge in [-0.25, -0.2) is 22.9 Å². The number of carbonyl (C=O) groups is 1. The summed E-state index contributed by atoms with van der Waals surface area (Å²) in [5, 5.41) is 9.09. The third kappa shape index (κ3) is 2.69. The van der Waals surface area contributed by atoms with E-state index in [0.29, 0.717) is 18.8 Å². The minimum atomic E-state index is -3.52. The highest BCUT2D eigenvalue weighted by atomic mass is 32.2. The summed E-state index contributed by atoms with van der Waals surface area (Å²) in [7, 11) is -2.19. The van der Waals surface area contributed by atoms with Gasteiger partial charge in [0.15, 0.2) is 0 Å². The molecule has 0 radical (unpaired) electrons. The summed E-state index contributed by atoms with van der Waals surface area (Å²) in [5.74, 6) is -0.397. The first kappa shape index (κ1) is 13.8. The van der Waals surface area contributed by atoms with Gasteiger partial charge in [-0.1, -0.05) is 0 Å². The fraction of sp³-hybridized carbons (Fsp3) is 0.455. The molecule has 1 aliphatic rings. The number of nitrogens with one attached hydrogen (secondary N) is 1. The van der Waals surface area contributed by atoms with Crippen LogP contribution in [0, 0.1) is 0 Å². The van der Waals surface area contributed by atoms with Crippen LogP contribution in [-0.2, 0) is 14.8 Å². The molecule has 7 nitrogen and oxygen atoms in total. The molecule has 1 fully saturated rings. The van der Waals surface area contributed by atoms with E-state index in [2.05, 4.69) is 9.71 Å². The van der Waals surface area contributed by atoms with Crippen molar-refractivity contribution >= 4 is 21.8 Å². The van der Waals surface area contributed by atoms with Crippen molar-refractivity contribution in [1.82, 2.24) is 9.71 Å². The van der Waals surface area contributed by atoms with Gasteiger partial charge in [-0.15, -0.1) is 0 Å². The SMILES string of the molecule is CNS(=O)(=O)c1ccc(N2CCC[C@@H]2C(=O)O)nc1. The van der Waals surface area contributed by atoms with Gasteiger partial charge in [-0.05, 0) is 32.0 Å². The number of carboxylic acid groups (broad SMARTS) is 1. The quantitative estimate of drug-likeness (QED) is 0.810. The summed E-state index contributed by atoms with van der Waals surface area (Å²) in [5.41, 5.74) is 0. The van der Waals surface area contributed by atoms with Crippen LogP contribution in [0.1, 0.15) is 12.8 Å². The molecular weight excluding hydrogens is 270 g/mol. The second-order valence-corrected chi connectivity index (χ2v) is 6.14. The molecule has 0 saturated carbocycles. The molecule has 2 N–H and O–H groups in total. The normalized spacial score (nSPS) is 19.6. The second kappa shape index (κ2) is 5.14. The second-order valence-electron chi connectivity index (χ2n) is 4.25. The van der Waals surface area contributed by atoms with E-state index < -0.39 is 22.0 Å². The maximum absolute atomic E-state index is 11.5. The lowest BCUT2D eigenvalue weighted by Crippen LogP contribution is -2.36. The number of carboxylic acids is 1. The monoisotopic (exact) mass is 285 g/mol. The molecule has 0 aliphatic carbocycles. The van der Waals surface area contributed by atoms with Crippen LogP contribution in [-0.4, -0.2) is 44.1 Å². The number of aliphatic carboxylic acids is 1. The lowest BCUT2D eigenvalue weighted by Gasteiger charge is -2.22. The molecule has 19 heavy (non-hydrogen) atoms. The predicted molar refractivity (Wildman–Crippen MR) is 68.5 cm³/mol. The number of pyridine rings is 1. The van der Waals surface area contributed by atoms with Crippen LogP contribution in [0.25, 0.3) is 0 Å². The number of nitrogens with zero attached hydrogens (tertiary/aromatic N) is 2. The van der Waals surface area contributed by atoms with E-state index in [1.165, 1.54) is 25.4 Å². The highest BCUT2D eigenvalue weighted by Crippen LogP contribution is 2.24. The molecule has 1 saturated heterocycles. The molecule has 0 amide bonds. The van der Waals surface area contributed by atoms with Crippen molar-refractivity contribution in [1.29, 1.82) is 0 Å². The fourth-order valence-electron chi connectivity index (χ4n) is 2.12. The van der Waals surface area contributed by atoms with Crippen LogP contribution in [0.5, 0.6) is 0 Å². The van der Waals surface area contributed by atoms with E-state index in [1.807, 2.05) is 0 Å². The first-order valence-corrected chi connectivity index (χ1v) is 7.33. The van der Waals surface area contributed by atoms with E-state index in [4.69, 9.17) is 5.11 Å². The summed E-state index contributed by atoms with van der Waals surface area (Å²) < 4.78 is 25.3. The minimum Gasteiger partial charge on any atom is -0.480 e. The summed E-state index contributed by atoms with van der Waals surface area (Å²) in [4.78, 5) is 16.9. The van der Waals surface area contributed by atoms with Gasteiger partial charge in [0.25, 0.3) is 0 Å². The highest BCUT2D eigenvalue weighted by Gasteiger charge is 2.31. The van der Waals surface area contributed by atoms with E-state index >= 15 is 0 Å². The van der Waals surface area contributed by atoms with Crippen molar-refractivity contribution < 1.29 is 18.3 Å². The lowest BCUT2D eigenvalue weighted by molar-refractivity contribution is -0.138. The van der Waals surface area contributed by atoms with E-state index in [1.54, 1.807) is 4.90 Å².